The quantitative estimate of drug-likeness (QED) is 0.178. The molecular weight excluding hydrogens is 725 g/mol. The lowest BCUT2D eigenvalue weighted by molar-refractivity contribution is 0.435. The molecule has 59 heavy (non-hydrogen) atoms. The second kappa shape index (κ2) is 13.0. The van der Waals surface area contributed by atoms with Gasteiger partial charge in [-0.25, -0.2) is 19.9 Å². The van der Waals surface area contributed by atoms with Gasteiger partial charge in [0.25, 0.3) is 0 Å². The van der Waals surface area contributed by atoms with Gasteiger partial charge in [0.05, 0.1) is 22.4 Å². The minimum Gasteiger partial charge on any atom is -0.457 e. The van der Waals surface area contributed by atoms with E-state index in [2.05, 4.69) is 109 Å². The molecule has 1 spiro atoms. The van der Waals surface area contributed by atoms with Crippen LogP contribution in [0, 0.1) is 0 Å². The summed E-state index contributed by atoms with van der Waals surface area (Å²) in [5.41, 5.74) is 12.7. The van der Waals surface area contributed by atoms with Crippen LogP contribution in [0.3, 0.4) is 0 Å². The Kier molecular flexibility index (Phi) is 7.34. The van der Waals surface area contributed by atoms with Gasteiger partial charge >= 0.3 is 0 Å². The Balaban J connectivity index is 1.11. The van der Waals surface area contributed by atoms with Crippen LogP contribution in [-0.2, 0) is 5.41 Å². The number of aromatic nitrogens is 4. The van der Waals surface area contributed by atoms with Crippen molar-refractivity contribution in [1.82, 2.24) is 19.9 Å². The smallest absolute Gasteiger partial charge is 0.163 e. The summed E-state index contributed by atoms with van der Waals surface area (Å²) < 4.78 is 13.5. The van der Waals surface area contributed by atoms with Crippen molar-refractivity contribution >= 4 is 34.1 Å². The number of rotatable bonds is 4. The summed E-state index contributed by atoms with van der Waals surface area (Å²) in [7, 11) is 0. The van der Waals surface area contributed by atoms with Crippen molar-refractivity contribution in [2.45, 2.75) is 5.41 Å². The summed E-state index contributed by atoms with van der Waals surface area (Å²) in [5, 5.41) is 2.08. The lowest BCUT2D eigenvalue weighted by Gasteiger charge is -2.42. The molecule has 7 aromatic carbocycles. The minimum absolute atomic E-state index is 0.546. The van der Waals surface area contributed by atoms with Crippen molar-refractivity contribution in [2.24, 2.45) is 0 Å². The van der Waals surface area contributed by atoms with Crippen molar-refractivity contribution in [2.75, 3.05) is 0 Å². The molecule has 0 amide bonds. The summed E-state index contributed by atoms with van der Waals surface area (Å²) in [6, 6.07) is 58.7. The molecule has 4 heterocycles. The Hall–Kier alpha value is -7.96. The monoisotopic (exact) mass is 756 g/mol. The molecular formula is C53H32N4O2. The standard InChI is InChI=1S/C53H32N4O2/c1-3-14-35(15-4-1)45-30-46(57-52(56-45)38-31-54-51(55-32-38)36-16-5-2-6-17-36)37-26-25-34-24-23-33-13-7-9-19-41(33)53(43(34)27-37)42-20-10-12-22-48(42)59-50-28-40-39-18-8-11-21-47(39)58-49(40)29-44(50)53/h1-32H. The topological polar surface area (TPSA) is 73.9 Å². The van der Waals surface area contributed by atoms with E-state index >= 15 is 0 Å². The SMILES string of the molecule is C1=Cc2ccc(-c3cc(-c4ccccc4)nc(-c4cnc(-c5ccccc5)nc4)n3)cc2C2(c3ccccc31)c1ccccc1Oc1cc3c(cc12)oc1ccccc13. The maximum atomic E-state index is 6.89. The number of nitrogens with zero attached hydrogens (tertiary/aromatic N) is 4. The summed E-state index contributed by atoms with van der Waals surface area (Å²) in [4.78, 5) is 19.8. The highest BCUT2D eigenvalue weighted by atomic mass is 16.5. The molecule has 6 heteroatoms. The van der Waals surface area contributed by atoms with E-state index in [1.54, 1.807) is 0 Å². The van der Waals surface area contributed by atoms with Gasteiger partial charge in [-0.2, -0.15) is 0 Å². The highest BCUT2D eigenvalue weighted by molar-refractivity contribution is 6.06. The fourth-order valence-electron chi connectivity index (χ4n) is 8.99. The van der Waals surface area contributed by atoms with Crippen LogP contribution in [0.2, 0.25) is 0 Å². The third kappa shape index (κ3) is 5.20. The Labute approximate surface area is 339 Å². The van der Waals surface area contributed by atoms with Crippen molar-refractivity contribution in [3.8, 4) is 56.8 Å². The van der Waals surface area contributed by atoms with Gasteiger partial charge in [0.1, 0.15) is 22.7 Å². The second-order valence-corrected chi connectivity index (χ2v) is 15.0. The first-order chi connectivity index (χ1) is 29.2. The first-order valence-corrected chi connectivity index (χ1v) is 19.7. The largest absolute Gasteiger partial charge is 0.457 e. The zero-order valence-electron chi connectivity index (χ0n) is 31.6. The molecule has 2 aliphatic rings. The maximum absolute atomic E-state index is 6.89. The normalized spacial score (nSPS) is 14.9. The number of benzene rings is 7. The molecule has 0 bridgehead atoms. The van der Waals surface area contributed by atoms with Gasteiger partial charge < -0.3 is 9.15 Å². The summed E-state index contributed by atoms with van der Waals surface area (Å²) in [6.45, 7) is 0. The van der Waals surface area contributed by atoms with Gasteiger partial charge in [-0.1, -0.05) is 146 Å². The number of hydrogen-bond donors (Lipinski definition) is 0. The van der Waals surface area contributed by atoms with Crippen LogP contribution in [0.25, 0.3) is 79.4 Å². The van der Waals surface area contributed by atoms with E-state index < -0.39 is 5.41 Å². The average Bonchev–Trinajstić information content (AvgIpc) is 3.60. The molecule has 276 valence electrons. The number of furan rings is 1. The third-order valence-electron chi connectivity index (χ3n) is 11.7. The molecule has 0 radical (unpaired) electrons. The fourth-order valence-corrected chi connectivity index (χ4v) is 8.99. The fraction of sp³-hybridized carbons (Fsp3) is 0.0189. The molecule has 0 saturated heterocycles. The molecule has 3 aromatic heterocycles. The zero-order chi connectivity index (χ0) is 38.9. The molecule has 1 atom stereocenters. The summed E-state index contributed by atoms with van der Waals surface area (Å²) in [5.74, 6) is 2.81. The third-order valence-corrected chi connectivity index (χ3v) is 11.7. The molecule has 1 unspecified atom stereocenters. The molecule has 1 aliphatic carbocycles. The molecule has 0 fully saturated rings. The van der Waals surface area contributed by atoms with Crippen LogP contribution < -0.4 is 4.74 Å². The van der Waals surface area contributed by atoms with E-state index in [1.165, 1.54) is 0 Å². The van der Waals surface area contributed by atoms with Crippen molar-refractivity contribution in [3.05, 3.63) is 216 Å². The van der Waals surface area contributed by atoms with Crippen LogP contribution in [0.15, 0.2) is 187 Å². The van der Waals surface area contributed by atoms with Gasteiger partial charge in [0.15, 0.2) is 11.6 Å². The predicted octanol–water partition coefficient (Wildman–Crippen LogP) is 12.8. The number of ether oxygens (including phenoxy) is 1. The van der Waals surface area contributed by atoms with E-state index in [0.717, 1.165) is 100 Å². The highest BCUT2D eigenvalue weighted by Crippen LogP contribution is 2.59. The number of para-hydroxylation sites is 2. The Morgan fingerprint density at radius 1 is 0.390 bits per heavy atom. The lowest BCUT2D eigenvalue weighted by atomic mass is 9.62. The molecule has 0 N–H and O–H groups in total. The number of fused-ring (bicyclic) bond motifs is 11. The van der Waals surface area contributed by atoms with E-state index in [4.69, 9.17) is 29.1 Å². The first-order valence-electron chi connectivity index (χ1n) is 19.7. The first kappa shape index (κ1) is 33.2. The molecule has 12 rings (SSSR count). The molecule has 1 aliphatic heterocycles. The predicted molar refractivity (Wildman–Crippen MR) is 234 cm³/mol. The van der Waals surface area contributed by atoms with Crippen molar-refractivity contribution in [3.63, 3.8) is 0 Å². The minimum atomic E-state index is -0.790. The van der Waals surface area contributed by atoms with Crippen LogP contribution in [0.5, 0.6) is 11.5 Å². The van der Waals surface area contributed by atoms with Gasteiger partial charge in [0.2, 0.25) is 0 Å². The lowest BCUT2D eigenvalue weighted by Crippen LogP contribution is -2.35. The maximum Gasteiger partial charge on any atom is 0.163 e. The summed E-state index contributed by atoms with van der Waals surface area (Å²) in [6.07, 6.45) is 8.09. The van der Waals surface area contributed by atoms with Crippen LogP contribution in [0.4, 0.5) is 0 Å². The summed E-state index contributed by atoms with van der Waals surface area (Å²) >= 11 is 0. The van der Waals surface area contributed by atoms with E-state index in [1.807, 2.05) is 85.2 Å². The van der Waals surface area contributed by atoms with Gasteiger partial charge in [-0.15, -0.1) is 0 Å². The van der Waals surface area contributed by atoms with Gasteiger partial charge in [0, 0.05) is 51.0 Å². The van der Waals surface area contributed by atoms with E-state index in [9.17, 15) is 0 Å². The van der Waals surface area contributed by atoms with E-state index in [-0.39, 0.29) is 0 Å². The van der Waals surface area contributed by atoms with E-state index in [0.29, 0.717) is 11.6 Å². The van der Waals surface area contributed by atoms with Crippen LogP contribution in [0.1, 0.15) is 33.4 Å². The van der Waals surface area contributed by atoms with Gasteiger partial charge in [-0.3, -0.25) is 0 Å². The molecule has 10 aromatic rings. The Morgan fingerprint density at radius 3 is 1.86 bits per heavy atom. The average molecular weight is 757 g/mol. The van der Waals surface area contributed by atoms with Crippen LogP contribution in [-0.4, -0.2) is 19.9 Å². The molecule has 6 nitrogen and oxygen atoms in total. The second-order valence-electron chi connectivity index (χ2n) is 15.0. The van der Waals surface area contributed by atoms with Crippen molar-refractivity contribution in [1.29, 1.82) is 0 Å². The Morgan fingerprint density at radius 2 is 1.05 bits per heavy atom. The van der Waals surface area contributed by atoms with Crippen LogP contribution >= 0.6 is 0 Å². The van der Waals surface area contributed by atoms with Gasteiger partial charge in [-0.05, 0) is 58.7 Å². The molecule has 0 saturated carbocycles. The number of hydrogen-bond acceptors (Lipinski definition) is 6. The Bertz CT molecular complexity index is 3300. The zero-order valence-corrected chi connectivity index (χ0v) is 31.6. The highest BCUT2D eigenvalue weighted by Gasteiger charge is 2.48. The van der Waals surface area contributed by atoms with Crippen molar-refractivity contribution < 1.29 is 9.15 Å².